The van der Waals surface area contributed by atoms with Crippen LogP contribution < -0.4 is 5.32 Å². The lowest BCUT2D eigenvalue weighted by atomic mass is 9.94. The molecule has 7 nitrogen and oxygen atoms in total. The Labute approximate surface area is 141 Å². The van der Waals surface area contributed by atoms with Gasteiger partial charge in [0.05, 0.1) is 36.2 Å². The fourth-order valence-corrected chi connectivity index (χ4v) is 3.89. The Kier molecular flexibility index (Phi) is 3.83. The molecule has 4 rings (SSSR count). The number of rotatable bonds is 3. The van der Waals surface area contributed by atoms with Crippen molar-refractivity contribution in [2.45, 2.75) is 44.7 Å². The molecule has 0 bridgehead atoms. The van der Waals surface area contributed by atoms with E-state index in [4.69, 9.17) is 4.74 Å². The summed E-state index contributed by atoms with van der Waals surface area (Å²) in [7, 11) is 0. The molecule has 1 aromatic heterocycles. The van der Waals surface area contributed by atoms with Gasteiger partial charge < -0.3 is 15.0 Å². The predicted octanol–water partition coefficient (Wildman–Crippen LogP) is 0.587. The van der Waals surface area contributed by atoms with Gasteiger partial charge in [0.15, 0.2) is 0 Å². The molecule has 2 amide bonds. The van der Waals surface area contributed by atoms with Gasteiger partial charge in [-0.2, -0.15) is 5.10 Å². The second-order valence-electron chi connectivity index (χ2n) is 7.26. The average Bonchev–Trinajstić information content (AvgIpc) is 3.21. The highest BCUT2D eigenvalue weighted by atomic mass is 16.5. The number of fused-ring (bicyclic) bond motifs is 1. The van der Waals surface area contributed by atoms with Crippen molar-refractivity contribution >= 4 is 11.8 Å². The third-order valence-corrected chi connectivity index (χ3v) is 5.52. The van der Waals surface area contributed by atoms with Gasteiger partial charge in [0, 0.05) is 26.6 Å². The van der Waals surface area contributed by atoms with Gasteiger partial charge in [-0.05, 0) is 31.6 Å². The van der Waals surface area contributed by atoms with Crippen molar-refractivity contribution in [3.8, 4) is 0 Å². The van der Waals surface area contributed by atoms with Crippen molar-refractivity contribution in [1.82, 2.24) is 20.0 Å². The van der Waals surface area contributed by atoms with Crippen molar-refractivity contribution in [2.24, 2.45) is 5.92 Å². The molecule has 1 saturated carbocycles. The minimum Gasteiger partial charge on any atom is -0.377 e. The van der Waals surface area contributed by atoms with Crippen LogP contribution in [-0.4, -0.2) is 58.3 Å². The number of nitrogens with one attached hydrogen (secondary N) is 1. The summed E-state index contributed by atoms with van der Waals surface area (Å²) < 4.78 is 7.53. The molecule has 130 valence electrons. The summed E-state index contributed by atoms with van der Waals surface area (Å²) in [5, 5.41) is 7.31. The third kappa shape index (κ3) is 2.70. The second kappa shape index (κ2) is 5.88. The first-order valence-electron chi connectivity index (χ1n) is 8.78. The summed E-state index contributed by atoms with van der Waals surface area (Å²) in [5.41, 5.74) is 1.69. The Hall–Kier alpha value is -1.89. The summed E-state index contributed by atoms with van der Waals surface area (Å²) in [6.07, 6.45) is 5.56. The zero-order valence-corrected chi connectivity index (χ0v) is 14.1. The summed E-state index contributed by atoms with van der Waals surface area (Å²) >= 11 is 0. The van der Waals surface area contributed by atoms with Crippen LogP contribution in [-0.2, 0) is 22.5 Å². The molecule has 2 aliphatic heterocycles. The van der Waals surface area contributed by atoms with E-state index in [1.165, 1.54) is 6.92 Å². The van der Waals surface area contributed by atoms with E-state index in [2.05, 4.69) is 10.4 Å². The summed E-state index contributed by atoms with van der Waals surface area (Å²) in [5.74, 6) is 0.454. The SMILES string of the molecule is CC(=O)NCC1CCn2ncc(C(=O)N3CCOCC34CC4)c2C1. The topological polar surface area (TPSA) is 76.5 Å². The molecule has 0 aromatic carbocycles. The number of carbonyl (C=O) groups excluding carboxylic acids is 2. The van der Waals surface area contributed by atoms with E-state index in [-0.39, 0.29) is 17.4 Å². The predicted molar refractivity (Wildman–Crippen MR) is 86.5 cm³/mol. The first kappa shape index (κ1) is 15.6. The zero-order valence-electron chi connectivity index (χ0n) is 14.1. The van der Waals surface area contributed by atoms with Gasteiger partial charge in [-0.15, -0.1) is 0 Å². The van der Waals surface area contributed by atoms with Crippen LogP contribution in [0.2, 0.25) is 0 Å². The van der Waals surface area contributed by atoms with Crippen LogP contribution in [0.3, 0.4) is 0 Å². The van der Waals surface area contributed by atoms with Crippen molar-refractivity contribution in [2.75, 3.05) is 26.3 Å². The smallest absolute Gasteiger partial charge is 0.257 e. The van der Waals surface area contributed by atoms with E-state index < -0.39 is 0 Å². The molecule has 3 aliphatic rings. The molecule has 24 heavy (non-hydrogen) atoms. The fraction of sp³-hybridized carbons (Fsp3) is 0.706. The van der Waals surface area contributed by atoms with E-state index in [0.717, 1.165) is 43.5 Å². The fourth-order valence-electron chi connectivity index (χ4n) is 3.89. The maximum atomic E-state index is 13.1. The molecular weight excluding hydrogens is 308 g/mol. The Bertz CT molecular complexity index is 665. The number of aromatic nitrogens is 2. The van der Waals surface area contributed by atoms with E-state index >= 15 is 0 Å². The number of hydrogen-bond donors (Lipinski definition) is 1. The number of aryl methyl sites for hydroxylation is 1. The van der Waals surface area contributed by atoms with Crippen LogP contribution in [0.5, 0.6) is 0 Å². The summed E-state index contributed by atoms with van der Waals surface area (Å²) in [6.45, 7) is 4.94. The number of nitrogens with zero attached hydrogens (tertiary/aromatic N) is 3. The van der Waals surface area contributed by atoms with Crippen molar-refractivity contribution in [1.29, 1.82) is 0 Å². The molecule has 1 aromatic rings. The van der Waals surface area contributed by atoms with Gasteiger partial charge in [0.25, 0.3) is 5.91 Å². The maximum Gasteiger partial charge on any atom is 0.257 e. The molecule has 1 spiro atoms. The van der Waals surface area contributed by atoms with E-state index in [9.17, 15) is 9.59 Å². The number of carbonyl (C=O) groups is 2. The highest BCUT2D eigenvalue weighted by Crippen LogP contribution is 2.44. The van der Waals surface area contributed by atoms with Crippen LogP contribution >= 0.6 is 0 Å². The average molecular weight is 332 g/mol. The van der Waals surface area contributed by atoms with E-state index in [1.54, 1.807) is 6.20 Å². The third-order valence-electron chi connectivity index (χ3n) is 5.52. The molecule has 1 aliphatic carbocycles. The van der Waals surface area contributed by atoms with Crippen LogP contribution in [0.25, 0.3) is 0 Å². The quantitative estimate of drug-likeness (QED) is 0.879. The number of ether oxygens (including phenoxy) is 1. The van der Waals surface area contributed by atoms with Crippen LogP contribution in [0.4, 0.5) is 0 Å². The molecule has 3 heterocycles. The van der Waals surface area contributed by atoms with Gasteiger partial charge in [-0.3, -0.25) is 14.3 Å². The molecule has 1 atom stereocenters. The highest BCUT2D eigenvalue weighted by molar-refractivity contribution is 5.96. The molecule has 7 heteroatoms. The lowest BCUT2D eigenvalue weighted by Crippen LogP contribution is -2.50. The minimum absolute atomic E-state index is 0.00521. The minimum atomic E-state index is -0.0611. The lowest BCUT2D eigenvalue weighted by Gasteiger charge is -2.36. The molecule has 2 fully saturated rings. The summed E-state index contributed by atoms with van der Waals surface area (Å²) in [4.78, 5) is 26.3. The van der Waals surface area contributed by atoms with Gasteiger partial charge in [0.2, 0.25) is 5.91 Å². The van der Waals surface area contributed by atoms with Gasteiger partial charge in [-0.25, -0.2) is 0 Å². The highest BCUT2D eigenvalue weighted by Gasteiger charge is 2.52. The Morgan fingerprint density at radius 3 is 3.00 bits per heavy atom. The monoisotopic (exact) mass is 332 g/mol. The first-order chi connectivity index (χ1) is 11.6. The molecule has 1 unspecified atom stereocenters. The van der Waals surface area contributed by atoms with E-state index in [0.29, 0.717) is 32.2 Å². The molecular formula is C17H24N4O3. The van der Waals surface area contributed by atoms with Gasteiger partial charge >= 0.3 is 0 Å². The van der Waals surface area contributed by atoms with Crippen LogP contribution in [0, 0.1) is 5.92 Å². The number of morpholine rings is 1. The first-order valence-corrected chi connectivity index (χ1v) is 8.78. The molecule has 0 radical (unpaired) electrons. The van der Waals surface area contributed by atoms with Gasteiger partial charge in [0.1, 0.15) is 0 Å². The van der Waals surface area contributed by atoms with Crippen LogP contribution in [0.15, 0.2) is 6.20 Å². The Morgan fingerprint density at radius 1 is 1.42 bits per heavy atom. The Balaban J connectivity index is 1.52. The summed E-state index contributed by atoms with van der Waals surface area (Å²) in [6, 6.07) is 0. The zero-order chi connectivity index (χ0) is 16.7. The van der Waals surface area contributed by atoms with Crippen molar-refractivity contribution < 1.29 is 14.3 Å². The standard InChI is InChI=1S/C17H24N4O3/c1-12(22)18-9-13-2-5-21-15(8-13)14(10-19-21)16(23)20-6-7-24-11-17(20)3-4-17/h10,13H,2-9,11H2,1H3,(H,18,22). The molecule has 1 N–H and O–H groups in total. The van der Waals surface area contributed by atoms with Crippen molar-refractivity contribution in [3.05, 3.63) is 17.5 Å². The molecule has 1 saturated heterocycles. The van der Waals surface area contributed by atoms with Crippen molar-refractivity contribution in [3.63, 3.8) is 0 Å². The van der Waals surface area contributed by atoms with E-state index in [1.807, 2.05) is 9.58 Å². The number of hydrogen-bond acceptors (Lipinski definition) is 4. The number of amides is 2. The van der Waals surface area contributed by atoms with Gasteiger partial charge in [-0.1, -0.05) is 0 Å². The Morgan fingerprint density at radius 2 is 2.25 bits per heavy atom. The largest absolute Gasteiger partial charge is 0.377 e. The normalized spacial score (nSPS) is 24.5. The lowest BCUT2D eigenvalue weighted by molar-refractivity contribution is -0.119. The van der Waals surface area contributed by atoms with Crippen LogP contribution in [0.1, 0.15) is 42.2 Å². The second-order valence-corrected chi connectivity index (χ2v) is 7.26. The maximum absolute atomic E-state index is 13.1.